The molecule has 0 saturated heterocycles. The van der Waals surface area contributed by atoms with Crippen molar-refractivity contribution in [1.29, 1.82) is 0 Å². The van der Waals surface area contributed by atoms with E-state index in [1.807, 2.05) is 48.5 Å². The summed E-state index contributed by atoms with van der Waals surface area (Å²) in [5.74, 6) is 0.771. The Morgan fingerprint density at radius 1 is 0.852 bits per heavy atom. The minimum atomic E-state index is -0.591. The van der Waals surface area contributed by atoms with Gasteiger partial charge in [0.1, 0.15) is 31.5 Å². The minimum Gasteiger partial charge on any atom is -0.491 e. The van der Waals surface area contributed by atoms with E-state index in [1.165, 1.54) is 5.56 Å². The number of nitrogens with zero attached hydrogens (tertiary/aromatic N) is 2. The van der Waals surface area contributed by atoms with E-state index in [4.69, 9.17) is 4.74 Å². The number of aliphatic hydroxyl groups excluding tert-OH is 1. The molecule has 4 heteroatoms. The van der Waals surface area contributed by atoms with E-state index < -0.39 is 6.10 Å². The molecule has 4 aromatic rings. The van der Waals surface area contributed by atoms with Crippen LogP contribution in [0.25, 0.3) is 11.0 Å². The molecule has 0 aliphatic carbocycles. The monoisotopic (exact) mass is 359 g/mol. The van der Waals surface area contributed by atoms with Crippen LogP contribution in [0.2, 0.25) is 0 Å². The first-order valence-corrected chi connectivity index (χ1v) is 9.17. The van der Waals surface area contributed by atoms with E-state index in [1.54, 1.807) is 0 Å². The van der Waals surface area contributed by atoms with Crippen molar-refractivity contribution in [3.8, 4) is 5.75 Å². The highest BCUT2D eigenvalue weighted by Crippen LogP contribution is 2.14. The van der Waals surface area contributed by atoms with E-state index in [2.05, 4.69) is 51.9 Å². The molecule has 0 radical (unpaired) electrons. The average Bonchev–Trinajstić information content (AvgIpc) is 3.05. The summed E-state index contributed by atoms with van der Waals surface area (Å²) in [6.07, 6.45) is 1.48. The maximum Gasteiger partial charge on any atom is 0.245 e. The molecule has 1 N–H and O–H groups in total. The molecule has 1 atom stereocenters. The highest BCUT2D eigenvalue weighted by Gasteiger charge is 2.18. The second kappa shape index (κ2) is 8.06. The highest BCUT2D eigenvalue weighted by molar-refractivity contribution is 5.71. The van der Waals surface area contributed by atoms with Gasteiger partial charge < -0.3 is 9.84 Å². The van der Waals surface area contributed by atoms with Crippen LogP contribution in [0.5, 0.6) is 5.75 Å². The summed E-state index contributed by atoms with van der Waals surface area (Å²) in [5.41, 5.74) is 3.50. The fourth-order valence-electron chi connectivity index (χ4n) is 3.28. The molecule has 0 bridgehead atoms. The second-order valence-corrected chi connectivity index (χ2v) is 6.65. The lowest BCUT2D eigenvalue weighted by Crippen LogP contribution is -2.33. The predicted molar refractivity (Wildman–Crippen MR) is 106 cm³/mol. The molecule has 4 nitrogen and oxygen atoms in total. The molecule has 0 spiro atoms. The van der Waals surface area contributed by atoms with Gasteiger partial charge in [0.15, 0.2) is 11.0 Å². The van der Waals surface area contributed by atoms with E-state index in [0.717, 1.165) is 23.3 Å². The van der Waals surface area contributed by atoms with Gasteiger partial charge in [-0.2, -0.15) is 0 Å². The van der Waals surface area contributed by atoms with Gasteiger partial charge in [-0.1, -0.05) is 60.7 Å². The van der Waals surface area contributed by atoms with Crippen molar-refractivity contribution in [3.05, 3.63) is 96.8 Å². The molecule has 0 amide bonds. The van der Waals surface area contributed by atoms with Gasteiger partial charge in [-0.25, -0.2) is 9.13 Å². The van der Waals surface area contributed by atoms with Crippen molar-refractivity contribution in [1.82, 2.24) is 4.57 Å². The highest BCUT2D eigenvalue weighted by atomic mass is 16.5. The predicted octanol–water partition coefficient (Wildman–Crippen LogP) is 3.42. The number of aromatic nitrogens is 2. The van der Waals surface area contributed by atoms with Crippen LogP contribution in [0.1, 0.15) is 5.56 Å². The maximum atomic E-state index is 10.5. The molecule has 136 valence electrons. The van der Waals surface area contributed by atoms with Crippen LogP contribution in [0.15, 0.2) is 91.3 Å². The van der Waals surface area contributed by atoms with Crippen molar-refractivity contribution in [2.75, 3.05) is 6.61 Å². The van der Waals surface area contributed by atoms with Crippen molar-refractivity contribution < 1.29 is 14.4 Å². The summed E-state index contributed by atoms with van der Waals surface area (Å²) >= 11 is 0. The number of aliphatic hydroxyl groups is 1. The van der Waals surface area contributed by atoms with Gasteiger partial charge in [-0.3, -0.25) is 0 Å². The number of para-hydroxylation sites is 3. The SMILES string of the molecule is OC(COc1ccccc1)Cn1c[n+](Cc2ccccc2)c2ccccc21. The molecular weight excluding hydrogens is 336 g/mol. The first kappa shape index (κ1) is 17.3. The zero-order valence-electron chi connectivity index (χ0n) is 15.1. The molecule has 0 aliphatic heterocycles. The normalized spacial score (nSPS) is 12.2. The number of imidazole rings is 1. The quantitative estimate of drug-likeness (QED) is 0.514. The summed E-state index contributed by atoms with van der Waals surface area (Å²) < 4.78 is 10.00. The molecule has 1 aromatic heterocycles. The summed E-state index contributed by atoms with van der Waals surface area (Å²) in [6.45, 7) is 1.54. The van der Waals surface area contributed by atoms with Crippen molar-refractivity contribution in [2.24, 2.45) is 0 Å². The zero-order chi connectivity index (χ0) is 18.5. The van der Waals surface area contributed by atoms with Crippen LogP contribution < -0.4 is 9.30 Å². The Kier molecular flexibility index (Phi) is 5.17. The van der Waals surface area contributed by atoms with Crippen LogP contribution in [0, 0.1) is 0 Å². The van der Waals surface area contributed by atoms with Gasteiger partial charge in [0.2, 0.25) is 6.33 Å². The topological polar surface area (TPSA) is 38.3 Å². The number of hydrogen-bond donors (Lipinski definition) is 1. The summed E-state index contributed by atoms with van der Waals surface area (Å²) in [4.78, 5) is 0. The lowest BCUT2D eigenvalue weighted by Gasteiger charge is -2.10. The Hall–Kier alpha value is -3.11. The summed E-state index contributed by atoms with van der Waals surface area (Å²) in [7, 11) is 0. The number of fused-ring (bicyclic) bond motifs is 1. The summed E-state index contributed by atoms with van der Waals surface area (Å²) in [5, 5.41) is 10.5. The number of hydrogen-bond acceptors (Lipinski definition) is 2. The molecule has 0 fully saturated rings. The third kappa shape index (κ3) is 4.18. The van der Waals surface area contributed by atoms with E-state index in [9.17, 15) is 5.11 Å². The van der Waals surface area contributed by atoms with Crippen LogP contribution in [0.3, 0.4) is 0 Å². The van der Waals surface area contributed by atoms with Crippen LogP contribution in [-0.2, 0) is 13.1 Å². The first-order chi connectivity index (χ1) is 13.3. The molecule has 0 saturated carbocycles. The van der Waals surface area contributed by atoms with Gasteiger partial charge in [0, 0.05) is 0 Å². The molecule has 3 aromatic carbocycles. The first-order valence-electron chi connectivity index (χ1n) is 9.17. The Balaban J connectivity index is 1.51. The molecule has 1 heterocycles. The van der Waals surface area contributed by atoms with Crippen LogP contribution in [0.4, 0.5) is 0 Å². The van der Waals surface area contributed by atoms with Gasteiger partial charge in [-0.15, -0.1) is 0 Å². The van der Waals surface area contributed by atoms with Crippen molar-refractivity contribution >= 4 is 11.0 Å². The maximum absolute atomic E-state index is 10.5. The third-order valence-electron chi connectivity index (χ3n) is 4.57. The molecular formula is C23H23N2O2+. The number of benzene rings is 3. The molecule has 4 rings (SSSR count). The van der Waals surface area contributed by atoms with Gasteiger partial charge in [0.25, 0.3) is 0 Å². The van der Waals surface area contributed by atoms with Crippen LogP contribution in [-0.4, -0.2) is 22.4 Å². The standard InChI is InChI=1S/C23H23N2O2/c26-20(17-27-21-11-5-2-6-12-21)16-25-18-24(15-19-9-3-1-4-10-19)22-13-7-8-14-23(22)25/h1-14,18,20,26H,15-17H2/q+1. The lowest BCUT2D eigenvalue weighted by molar-refractivity contribution is -0.663. The Labute approximate surface area is 158 Å². The minimum absolute atomic E-state index is 0.259. The Morgan fingerprint density at radius 3 is 2.30 bits per heavy atom. The van der Waals surface area contributed by atoms with Crippen molar-refractivity contribution in [2.45, 2.75) is 19.2 Å². The van der Waals surface area contributed by atoms with E-state index in [-0.39, 0.29) is 6.61 Å². The summed E-state index contributed by atoms with van der Waals surface area (Å²) in [6, 6.07) is 28.2. The van der Waals surface area contributed by atoms with Crippen LogP contribution >= 0.6 is 0 Å². The largest absolute Gasteiger partial charge is 0.491 e. The number of rotatable bonds is 7. The fraction of sp³-hybridized carbons (Fsp3) is 0.174. The number of ether oxygens (including phenoxy) is 1. The van der Waals surface area contributed by atoms with E-state index in [0.29, 0.717) is 6.54 Å². The zero-order valence-corrected chi connectivity index (χ0v) is 15.1. The molecule has 0 aliphatic rings. The average molecular weight is 359 g/mol. The van der Waals surface area contributed by atoms with Crippen molar-refractivity contribution in [3.63, 3.8) is 0 Å². The third-order valence-corrected chi connectivity index (χ3v) is 4.57. The van der Waals surface area contributed by atoms with Gasteiger partial charge >= 0.3 is 0 Å². The van der Waals surface area contributed by atoms with Gasteiger partial charge in [0.05, 0.1) is 0 Å². The second-order valence-electron chi connectivity index (χ2n) is 6.65. The Bertz CT molecular complexity index is 997. The van der Waals surface area contributed by atoms with Gasteiger partial charge in [-0.05, 0) is 29.8 Å². The molecule has 1 unspecified atom stereocenters. The smallest absolute Gasteiger partial charge is 0.245 e. The molecule has 27 heavy (non-hydrogen) atoms. The fourth-order valence-corrected chi connectivity index (χ4v) is 3.28. The lowest BCUT2D eigenvalue weighted by atomic mass is 10.2. The Morgan fingerprint density at radius 2 is 1.52 bits per heavy atom. The van der Waals surface area contributed by atoms with E-state index >= 15 is 0 Å².